The summed E-state index contributed by atoms with van der Waals surface area (Å²) < 4.78 is 5.38. The van der Waals surface area contributed by atoms with Gasteiger partial charge in [0, 0.05) is 0 Å². The van der Waals surface area contributed by atoms with Crippen molar-refractivity contribution in [3.8, 4) is 0 Å². The molecule has 0 saturated heterocycles. The van der Waals surface area contributed by atoms with Crippen LogP contribution in [0.5, 0.6) is 0 Å². The van der Waals surface area contributed by atoms with E-state index in [1.807, 2.05) is 17.5 Å². The second-order valence-electron chi connectivity index (χ2n) is 4.03. The zero-order chi connectivity index (χ0) is 12.5. The summed E-state index contributed by atoms with van der Waals surface area (Å²) in [6.07, 6.45) is 5.06. The molecule has 1 unspecified atom stereocenters. The van der Waals surface area contributed by atoms with Crippen LogP contribution >= 0.6 is 11.3 Å². The van der Waals surface area contributed by atoms with Crippen molar-refractivity contribution >= 4 is 22.4 Å². The Hall–Kier alpha value is -1.03. The van der Waals surface area contributed by atoms with Gasteiger partial charge in [-0.2, -0.15) is 0 Å². The van der Waals surface area contributed by atoms with Crippen molar-refractivity contribution in [2.24, 2.45) is 0 Å². The summed E-state index contributed by atoms with van der Waals surface area (Å²) in [6.45, 7) is 4.22. The number of thiophene rings is 1. The van der Waals surface area contributed by atoms with E-state index in [-0.39, 0.29) is 12.2 Å². The average molecular weight is 255 g/mol. The number of ether oxygens (including phenoxy) is 1. The summed E-state index contributed by atoms with van der Waals surface area (Å²) in [5.41, 5.74) is 0. The predicted octanol–water partition coefficient (Wildman–Crippen LogP) is 4.66. The first-order valence-corrected chi connectivity index (χ1v) is 7.15. The maximum atomic E-state index is 11.6. The fourth-order valence-electron chi connectivity index (χ4n) is 1.60. The Morgan fingerprint density at radius 2 is 2.29 bits per heavy atom. The Morgan fingerprint density at radius 1 is 1.47 bits per heavy atom. The molecule has 1 heterocycles. The molecule has 0 spiro atoms. The van der Waals surface area contributed by atoms with Crippen LogP contribution in [0.1, 0.15) is 46.0 Å². The highest BCUT2D eigenvalue weighted by Crippen LogP contribution is 2.16. The molecule has 96 valence electrons. The van der Waals surface area contributed by atoms with Gasteiger partial charge in [0.2, 0.25) is 0 Å². The van der Waals surface area contributed by atoms with Crippen LogP contribution in [0.15, 0.2) is 17.5 Å². The van der Waals surface area contributed by atoms with Gasteiger partial charge >= 0.3 is 6.09 Å². The molecule has 0 radical (unpaired) electrons. The van der Waals surface area contributed by atoms with E-state index in [0.29, 0.717) is 0 Å². The van der Waals surface area contributed by atoms with E-state index in [4.69, 9.17) is 4.74 Å². The molecule has 1 aromatic rings. The number of hydrogen-bond donors (Lipinski definition) is 1. The van der Waals surface area contributed by atoms with Crippen LogP contribution in [0.2, 0.25) is 0 Å². The lowest BCUT2D eigenvalue weighted by molar-refractivity contribution is 0.101. The molecule has 0 bridgehead atoms. The number of amides is 1. The van der Waals surface area contributed by atoms with Crippen LogP contribution in [0, 0.1) is 0 Å². The van der Waals surface area contributed by atoms with Gasteiger partial charge in [0.1, 0.15) is 6.10 Å². The standard InChI is InChI=1S/C13H21NO2S/c1-3-5-6-8-11(4-2)16-13(15)14-12-9-7-10-17-12/h7,9-11H,3-6,8H2,1-2H3,(H,14,15). The quantitative estimate of drug-likeness (QED) is 0.720. The first-order valence-electron chi connectivity index (χ1n) is 6.27. The van der Waals surface area contributed by atoms with Crippen LogP contribution < -0.4 is 5.32 Å². The number of carbonyl (C=O) groups is 1. The van der Waals surface area contributed by atoms with Gasteiger partial charge in [-0.1, -0.05) is 26.7 Å². The predicted molar refractivity (Wildman–Crippen MR) is 72.6 cm³/mol. The first-order chi connectivity index (χ1) is 8.26. The topological polar surface area (TPSA) is 38.3 Å². The maximum Gasteiger partial charge on any atom is 0.412 e. The minimum Gasteiger partial charge on any atom is -0.446 e. The summed E-state index contributed by atoms with van der Waals surface area (Å²) in [5.74, 6) is 0. The van der Waals surface area contributed by atoms with Crippen molar-refractivity contribution in [3.05, 3.63) is 17.5 Å². The number of hydrogen-bond acceptors (Lipinski definition) is 3. The Morgan fingerprint density at radius 3 is 2.88 bits per heavy atom. The van der Waals surface area contributed by atoms with Crippen molar-refractivity contribution in [1.29, 1.82) is 0 Å². The molecule has 0 saturated carbocycles. The second-order valence-corrected chi connectivity index (χ2v) is 4.98. The number of nitrogens with one attached hydrogen (secondary N) is 1. The fourth-order valence-corrected chi connectivity index (χ4v) is 2.20. The summed E-state index contributed by atoms with van der Waals surface area (Å²) in [5, 5.41) is 5.49. The zero-order valence-electron chi connectivity index (χ0n) is 10.6. The van der Waals surface area contributed by atoms with E-state index in [1.54, 1.807) is 0 Å². The SMILES string of the molecule is CCCCCC(CC)OC(=O)Nc1cccs1. The van der Waals surface area contributed by atoms with Crippen LogP contribution in [0.3, 0.4) is 0 Å². The summed E-state index contributed by atoms with van der Waals surface area (Å²) in [7, 11) is 0. The smallest absolute Gasteiger partial charge is 0.412 e. The number of rotatable bonds is 7. The molecular weight excluding hydrogens is 234 g/mol. The Balaban J connectivity index is 2.27. The minimum atomic E-state index is -0.337. The van der Waals surface area contributed by atoms with Gasteiger partial charge in [-0.25, -0.2) is 4.79 Å². The van der Waals surface area contributed by atoms with Crippen LogP contribution in [0.4, 0.5) is 9.80 Å². The normalized spacial score (nSPS) is 12.1. The largest absolute Gasteiger partial charge is 0.446 e. The molecular formula is C13H21NO2S. The molecule has 0 aliphatic carbocycles. The van der Waals surface area contributed by atoms with Gasteiger partial charge < -0.3 is 4.74 Å². The first kappa shape index (κ1) is 14.0. The highest BCUT2D eigenvalue weighted by atomic mass is 32.1. The molecule has 1 aromatic heterocycles. The molecule has 1 atom stereocenters. The monoisotopic (exact) mass is 255 g/mol. The van der Waals surface area contributed by atoms with Gasteiger partial charge in [-0.05, 0) is 36.8 Å². The van der Waals surface area contributed by atoms with Gasteiger partial charge in [-0.15, -0.1) is 11.3 Å². The highest BCUT2D eigenvalue weighted by Gasteiger charge is 2.12. The average Bonchev–Trinajstić information content (AvgIpc) is 2.80. The maximum absolute atomic E-state index is 11.6. The number of carbonyl (C=O) groups excluding carboxylic acids is 1. The van der Waals surface area contributed by atoms with E-state index in [9.17, 15) is 4.79 Å². The summed E-state index contributed by atoms with van der Waals surface area (Å²) >= 11 is 1.50. The third-order valence-corrected chi connectivity index (χ3v) is 3.39. The molecule has 3 nitrogen and oxygen atoms in total. The minimum absolute atomic E-state index is 0.0431. The van der Waals surface area contributed by atoms with Crippen LogP contribution in [-0.2, 0) is 4.74 Å². The summed E-state index contributed by atoms with van der Waals surface area (Å²) in [6, 6.07) is 3.77. The lowest BCUT2D eigenvalue weighted by Gasteiger charge is -2.15. The Bertz CT molecular complexity index is 311. The molecule has 1 N–H and O–H groups in total. The molecule has 0 aliphatic rings. The van der Waals surface area contributed by atoms with Crippen LogP contribution in [-0.4, -0.2) is 12.2 Å². The molecule has 0 aromatic carbocycles. The van der Waals surface area contributed by atoms with Gasteiger partial charge in [0.25, 0.3) is 0 Å². The van der Waals surface area contributed by atoms with E-state index < -0.39 is 0 Å². The van der Waals surface area contributed by atoms with Crippen molar-refractivity contribution in [2.75, 3.05) is 5.32 Å². The van der Waals surface area contributed by atoms with Gasteiger partial charge in [0.15, 0.2) is 0 Å². The lowest BCUT2D eigenvalue weighted by atomic mass is 10.1. The van der Waals surface area contributed by atoms with E-state index in [2.05, 4.69) is 19.2 Å². The van der Waals surface area contributed by atoms with E-state index in [1.165, 1.54) is 24.2 Å². The summed E-state index contributed by atoms with van der Waals surface area (Å²) in [4.78, 5) is 11.6. The van der Waals surface area contributed by atoms with Crippen molar-refractivity contribution in [3.63, 3.8) is 0 Å². The Kier molecular flexibility index (Phi) is 6.70. The fraction of sp³-hybridized carbons (Fsp3) is 0.615. The third kappa shape index (κ3) is 5.73. The van der Waals surface area contributed by atoms with Crippen molar-refractivity contribution in [2.45, 2.75) is 52.1 Å². The van der Waals surface area contributed by atoms with Crippen molar-refractivity contribution < 1.29 is 9.53 Å². The third-order valence-electron chi connectivity index (χ3n) is 2.61. The Labute approximate surface area is 107 Å². The zero-order valence-corrected chi connectivity index (χ0v) is 11.4. The van der Waals surface area contributed by atoms with Crippen molar-refractivity contribution in [1.82, 2.24) is 0 Å². The molecule has 0 fully saturated rings. The molecule has 1 rings (SSSR count). The van der Waals surface area contributed by atoms with E-state index >= 15 is 0 Å². The van der Waals surface area contributed by atoms with Gasteiger partial charge in [-0.3, -0.25) is 5.32 Å². The molecule has 1 amide bonds. The van der Waals surface area contributed by atoms with E-state index in [0.717, 1.165) is 24.3 Å². The molecule has 4 heteroatoms. The van der Waals surface area contributed by atoms with Gasteiger partial charge in [0.05, 0.1) is 5.00 Å². The number of unbranched alkanes of at least 4 members (excludes halogenated alkanes) is 2. The molecule has 17 heavy (non-hydrogen) atoms. The lowest BCUT2D eigenvalue weighted by Crippen LogP contribution is -2.21. The second kappa shape index (κ2) is 8.12. The van der Waals surface area contributed by atoms with Crippen LogP contribution in [0.25, 0.3) is 0 Å². The molecule has 0 aliphatic heterocycles. The highest BCUT2D eigenvalue weighted by molar-refractivity contribution is 7.14. The number of anilines is 1.